The van der Waals surface area contributed by atoms with E-state index in [4.69, 9.17) is 27.9 Å². The van der Waals surface area contributed by atoms with Crippen LogP contribution in [0.2, 0.25) is 10.0 Å². The molecule has 174 valence electrons. The zero-order valence-electron chi connectivity index (χ0n) is 16.9. The van der Waals surface area contributed by atoms with E-state index in [0.29, 0.717) is 33.3 Å². The number of rotatable bonds is 9. The zero-order chi connectivity index (χ0) is 24.0. The first kappa shape index (κ1) is 24.9. The molecule has 0 saturated heterocycles. The minimum absolute atomic E-state index is 0.0318. The molecule has 12 heteroatoms. The van der Waals surface area contributed by atoms with Crippen LogP contribution < -0.4 is 10.1 Å². The molecule has 0 aliphatic carbocycles. The summed E-state index contributed by atoms with van der Waals surface area (Å²) in [7, 11) is 0. The lowest BCUT2D eigenvalue weighted by molar-refractivity contribution is -0.137. The van der Waals surface area contributed by atoms with E-state index in [2.05, 4.69) is 22.1 Å². The Hall–Kier alpha value is -2.69. The fourth-order valence-corrected chi connectivity index (χ4v) is 3.72. The predicted octanol–water partition coefficient (Wildman–Crippen LogP) is 6.10. The van der Waals surface area contributed by atoms with Gasteiger partial charge in [0.15, 0.2) is 11.0 Å². The number of thioether (sulfide) groups is 1. The van der Waals surface area contributed by atoms with Gasteiger partial charge in [0.25, 0.3) is 0 Å². The van der Waals surface area contributed by atoms with E-state index in [1.165, 1.54) is 18.2 Å². The summed E-state index contributed by atoms with van der Waals surface area (Å²) in [4.78, 5) is 12.3. The van der Waals surface area contributed by atoms with Gasteiger partial charge in [-0.25, -0.2) is 0 Å². The standard InChI is InChI=1S/C21H17Cl2F3N4O2S/c1-2-8-30-18(11-32-15-5-3-4-13(9-15)21(24,25)26)28-29-20(30)33-12-19(31)27-14-6-7-16(22)17(23)10-14/h2-7,9-10H,1,8,11-12H2,(H,27,31). The molecule has 1 amide bonds. The van der Waals surface area contributed by atoms with E-state index >= 15 is 0 Å². The molecule has 0 unspecified atom stereocenters. The van der Waals surface area contributed by atoms with Crippen molar-refractivity contribution in [1.29, 1.82) is 0 Å². The summed E-state index contributed by atoms with van der Waals surface area (Å²) in [6, 6.07) is 9.30. The molecule has 3 rings (SSSR count). The summed E-state index contributed by atoms with van der Waals surface area (Å²) in [6.45, 7) is 3.90. The zero-order valence-corrected chi connectivity index (χ0v) is 19.2. The highest BCUT2D eigenvalue weighted by molar-refractivity contribution is 7.99. The highest BCUT2D eigenvalue weighted by Gasteiger charge is 2.30. The van der Waals surface area contributed by atoms with Gasteiger partial charge in [0, 0.05) is 12.2 Å². The topological polar surface area (TPSA) is 69.0 Å². The van der Waals surface area contributed by atoms with E-state index in [-0.39, 0.29) is 24.0 Å². The molecule has 1 N–H and O–H groups in total. The van der Waals surface area contributed by atoms with Gasteiger partial charge in [-0.1, -0.05) is 47.1 Å². The Bertz CT molecular complexity index is 1150. The van der Waals surface area contributed by atoms with Gasteiger partial charge < -0.3 is 10.1 Å². The van der Waals surface area contributed by atoms with Crippen molar-refractivity contribution in [2.45, 2.75) is 24.5 Å². The van der Waals surface area contributed by atoms with Crippen LogP contribution >= 0.6 is 35.0 Å². The summed E-state index contributed by atoms with van der Waals surface area (Å²) >= 11 is 12.9. The maximum Gasteiger partial charge on any atom is 0.416 e. The number of hydrogen-bond acceptors (Lipinski definition) is 5. The first-order valence-corrected chi connectivity index (χ1v) is 11.1. The summed E-state index contributed by atoms with van der Waals surface area (Å²) in [6.07, 6.45) is -2.86. The highest BCUT2D eigenvalue weighted by atomic mass is 35.5. The van der Waals surface area contributed by atoms with Gasteiger partial charge in [-0.3, -0.25) is 9.36 Å². The van der Waals surface area contributed by atoms with Gasteiger partial charge in [0.2, 0.25) is 5.91 Å². The third-order valence-corrected chi connectivity index (χ3v) is 5.88. The normalized spacial score (nSPS) is 11.3. The van der Waals surface area contributed by atoms with Crippen LogP contribution in [0.5, 0.6) is 5.75 Å². The van der Waals surface area contributed by atoms with Crippen molar-refractivity contribution < 1.29 is 22.7 Å². The first-order valence-electron chi connectivity index (χ1n) is 9.38. The number of carbonyl (C=O) groups excluding carboxylic acids is 1. The van der Waals surface area contributed by atoms with Crippen LogP contribution in [-0.2, 0) is 24.1 Å². The van der Waals surface area contributed by atoms with E-state index in [9.17, 15) is 18.0 Å². The fourth-order valence-electron chi connectivity index (χ4n) is 2.66. The Balaban J connectivity index is 1.63. The third kappa shape index (κ3) is 6.89. The van der Waals surface area contributed by atoms with Crippen molar-refractivity contribution in [1.82, 2.24) is 14.8 Å². The van der Waals surface area contributed by atoms with E-state index in [1.807, 2.05) is 0 Å². The number of anilines is 1. The Morgan fingerprint density at radius 3 is 2.67 bits per heavy atom. The molecule has 2 aromatic carbocycles. The van der Waals surface area contributed by atoms with E-state index in [1.54, 1.807) is 22.8 Å². The number of amides is 1. The number of hydrogen-bond donors (Lipinski definition) is 1. The average molecular weight is 517 g/mol. The Morgan fingerprint density at radius 2 is 1.97 bits per heavy atom. The maximum atomic E-state index is 12.9. The first-order chi connectivity index (χ1) is 15.7. The number of carbonyl (C=O) groups is 1. The minimum atomic E-state index is -4.47. The molecule has 6 nitrogen and oxygen atoms in total. The van der Waals surface area contributed by atoms with Crippen LogP contribution in [0.4, 0.5) is 18.9 Å². The van der Waals surface area contributed by atoms with Crippen LogP contribution in [0.1, 0.15) is 11.4 Å². The van der Waals surface area contributed by atoms with Gasteiger partial charge in [0.1, 0.15) is 12.4 Å². The van der Waals surface area contributed by atoms with Gasteiger partial charge in [0.05, 0.1) is 21.4 Å². The SMILES string of the molecule is C=CCn1c(COc2cccc(C(F)(F)F)c2)nnc1SCC(=O)Nc1ccc(Cl)c(Cl)c1. The summed E-state index contributed by atoms with van der Waals surface area (Å²) in [5.41, 5.74) is -0.311. The van der Waals surface area contributed by atoms with Gasteiger partial charge in [-0.15, -0.1) is 16.8 Å². The molecular formula is C21H17Cl2F3N4O2S. The Kier molecular flexibility index (Phi) is 8.28. The van der Waals surface area contributed by atoms with Crippen LogP contribution in [0, 0.1) is 0 Å². The number of halogens is 5. The highest BCUT2D eigenvalue weighted by Crippen LogP contribution is 2.31. The number of alkyl halides is 3. The summed E-state index contributed by atoms with van der Waals surface area (Å²) < 4.78 is 45.8. The number of ether oxygens (including phenoxy) is 1. The number of nitrogens with one attached hydrogen (secondary N) is 1. The average Bonchev–Trinajstić information content (AvgIpc) is 3.15. The minimum Gasteiger partial charge on any atom is -0.486 e. The van der Waals surface area contributed by atoms with Crippen molar-refractivity contribution in [2.24, 2.45) is 0 Å². The van der Waals surface area contributed by atoms with Crippen LogP contribution in [-0.4, -0.2) is 26.4 Å². The van der Waals surface area contributed by atoms with Crippen molar-refractivity contribution in [3.63, 3.8) is 0 Å². The molecule has 0 bridgehead atoms. The van der Waals surface area contributed by atoms with Crippen LogP contribution in [0.25, 0.3) is 0 Å². The fraction of sp³-hybridized carbons (Fsp3) is 0.190. The Morgan fingerprint density at radius 1 is 1.18 bits per heavy atom. The second-order valence-electron chi connectivity index (χ2n) is 6.58. The second-order valence-corrected chi connectivity index (χ2v) is 8.33. The van der Waals surface area contributed by atoms with Crippen molar-refractivity contribution >= 4 is 46.6 Å². The molecule has 0 aliphatic heterocycles. The van der Waals surface area contributed by atoms with Crippen molar-refractivity contribution in [2.75, 3.05) is 11.1 Å². The monoisotopic (exact) mass is 516 g/mol. The molecule has 0 saturated carbocycles. The third-order valence-electron chi connectivity index (χ3n) is 4.17. The lowest BCUT2D eigenvalue weighted by atomic mass is 10.2. The Labute approximate surface area is 201 Å². The van der Waals surface area contributed by atoms with Crippen LogP contribution in [0.3, 0.4) is 0 Å². The molecule has 0 radical (unpaired) electrons. The van der Waals surface area contributed by atoms with Gasteiger partial charge in [-0.05, 0) is 36.4 Å². The quantitative estimate of drug-likeness (QED) is 0.275. The molecule has 0 fully saturated rings. The van der Waals surface area contributed by atoms with Crippen LogP contribution in [0.15, 0.2) is 60.3 Å². The molecular weight excluding hydrogens is 500 g/mol. The molecule has 0 atom stereocenters. The van der Waals surface area contributed by atoms with Gasteiger partial charge in [-0.2, -0.15) is 13.2 Å². The molecule has 3 aromatic rings. The molecule has 0 spiro atoms. The van der Waals surface area contributed by atoms with Gasteiger partial charge >= 0.3 is 6.18 Å². The van der Waals surface area contributed by atoms with E-state index in [0.717, 1.165) is 23.9 Å². The van der Waals surface area contributed by atoms with E-state index < -0.39 is 11.7 Å². The number of aromatic nitrogens is 3. The van der Waals surface area contributed by atoms with Crippen molar-refractivity contribution in [3.05, 3.63) is 76.6 Å². The summed E-state index contributed by atoms with van der Waals surface area (Å²) in [5.74, 6) is 0.158. The lowest BCUT2D eigenvalue weighted by Crippen LogP contribution is -2.15. The summed E-state index contributed by atoms with van der Waals surface area (Å²) in [5, 5.41) is 11.9. The number of nitrogens with zero attached hydrogens (tertiary/aromatic N) is 3. The molecule has 33 heavy (non-hydrogen) atoms. The largest absolute Gasteiger partial charge is 0.486 e. The molecule has 1 heterocycles. The van der Waals surface area contributed by atoms with Crippen molar-refractivity contribution in [3.8, 4) is 5.75 Å². The lowest BCUT2D eigenvalue weighted by Gasteiger charge is -2.11. The smallest absolute Gasteiger partial charge is 0.416 e. The molecule has 1 aromatic heterocycles. The second kappa shape index (κ2) is 11.0. The predicted molar refractivity (Wildman–Crippen MR) is 122 cm³/mol. The molecule has 0 aliphatic rings. The maximum absolute atomic E-state index is 12.9. The number of allylic oxidation sites excluding steroid dienone is 1. The number of benzene rings is 2.